The summed E-state index contributed by atoms with van der Waals surface area (Å²) >= 11 is 1.67. The van der Waals surface area contributed by atoms with Gasteiger partial charge in [0.1, 0.15) is 5.25 Å². The van der Waals surface area contributed by atoms with Crippen molar-refractivity contribution in [2.45, 2.75) is 102 Å². The standard InChI is InChI=1S/C23H38O2S/c1-9-11-12-13-20(21(24)25-10-2)26-19-15-17(22(3,4)5)14-18(16-19)23(6,7)8/h14-16,20H,9-13H2,1-8H3. The van der Waals surface area contributed by atoms with E-state index in [9.17, 15) is 4.79 Å². The first kappa shape index (κ1) is 23.1. The van der Waals surface area contributed by atoms with Crippen molar-refractivity contribution in [3.05, 3.63) is 29.3 Å². The number of ether oxygens (including phenoxy) is 1. The van der Waals surface area contributed by atoms with Crippen molar-refractivity contribution in [1.29, 1.82) is 0 Å². The maximum Gasteiger partial charge on any atom is 0.319 e. The molecule has 0 saturated carbocycles. The van der Waals surface area contributed by atoms with Crippen LogP contribution in [0.2, 0.25) is 0 Å². The second-order valence-corrected chi connectivity index (χ2v) is 10.4. The van der Waals surface area contributed by atoms with E-state index in [1.807, 2.05) is 6.92 Å². The molecule has 26 heavy (non-hydrogen) atoms. The smallest absolute Gasteiger partial charge is 0.319 e. The molecule has 1 unspecified atom stereocenters. The molecule has 1 atom stereocenters. The number of carbonyl (C=O) groups excluding carboxylic acids is 1. The molecule has 0 fully saturated rings. The van der Waals surface area contributed by atoms with E-state index in [0.717, 1.165) is 25.7 Å². The third-order valence-electron chi connectivity index (χ3n) is 4.54. The van der Waals surface area contributed by atoms with Crippen LogP contribution in [0.3, 0.4) is 0 Å². The predicted octanol–water partition coefficient (Wildman–Crippen LogP) is 6.89. The van der Waals surface area contributed by atoms with Crippen LogP contribution in [0.1, 0.15) is 92.2 Å². The summed E-state index contributed by atoms with van der Waals surface area (Å²) in [5, 5.41) is -0.121. The van der Waals surface area contributed by atoms with Crippen LogP contribution in [-0.2, 0) is 20.4 Å². The zero-order chi connectivity index (χ0) is 20.0. The van der Waals surface area contributed by atoms with Crippen molar-refractivity contribution in [3.63, 3.8) is 0 Å². The second-order valence-electron chi connectivity index (χ2n) is 9.10. The SMILES string of the molecule is CCCCCC(Sc1cc(C(C)(C)C)cc(C(C)(C)C)c1)C(=O)OCC. The molecule has 0 radical (unpaired) electrons. The fourth-order valence-electron chi connectivity index (χ4n) is 2.74. The molecule has 1 aromatic carbocycles. The minimum absolute atomic E-state index is 0.0768. The zero-order valence-electron chi connectivity index (χ0n) is 18.1. The zero-order valence-corrected chi connectivity index (χ0v) is 18.9. The lowest BCUT2D eigenvalue weighted by Crippen LogP contribution is -2.21. The molecular formula is C23H38O2S. The number of hydrogen-bond donors (Lipinski definition) is 0. The summed E-state index contributed by atoms with van der Waals surface area (Å²) in [7, 11) is 0. The largest absolute Gasteiger partial charge is 0.465 e. The predicted molar refractivity (Wildman–Crippen MR) is 114 cm³/mol. The number of thioether (sulfide) groups is 1. The first-order valence-corrected chi connectivity index (χ1v) is 10.9. The molecule has 2 nitrogen and oxygen atoms in total. The summed E-state index contributed by atoms with van der Waals surface area (Å²) in [5.74, 6) is -0.0768. The van der Waals surface area contributed by atoms with Crippen LogP contribution < -0.4 is 0 Å². The normalized spacial score (nSPS) is 13.5. The van der Waals surface area contributed by atoms with E-state index >= 15 is 0 Å². The molecule has 0 aliphatic rings. The first-order valence-electron chi connectivity index (χ1n) is 9.98. The van der Waals surface area contributed by atoms with Crippen molar-refractivity contribution in [2.24, 2.45) is 0 Å². The van der Waals surface area contributed by atoms with E-state index in [0.29, 0.717) is 6.61 Å². The molecule has 0 spiro atoms. The molecule has 0 aromatic heterocycles. The van der Waals surface area contributed by atoms with Crippen LogP contribution in [-0.4, -0.2) is 17.8 Å². The number of hydrogen-bond acceptors (Lipinski definition) is 3. The molecule has 0 amide bonds. The summed E-state index contributed by atoms with van der Waals surface area (Å²) in [6.07, 6.45) is 4.26. The number of unbranched alkanes of at least 4 members (excludes halogenated alkanes) is 2. The molecule has 0 N–H and O–H groups in total. The molecule has 0 bridgehead atoms. The summed E-state index contributed by atoms with van der Waals surface area (Å²) < 4.78 is 5.34. The van der Waals surface area contributed by atoms with Gasteiger partial charge in [0.05, 0.1) is 6.61 Å². The maximum absolute atomic E-state index is 12.5. The fourth-order valence-corrected chi connectivity index (χ4v) is 3.90. The van der Waals surface area contributed by atoms with Gasteiger partial charge in [-0.25, -0.2) is 0 Å². The second kappa shape index (κ2) is 9.82. The van der Waals surface area contributed by atoms with Crippen LogP contribution >= 0.6 is 11.8 Å². The van der Waals surface area contributed by atoms with Gasteiger partial charge in [-0.05, 0) is 47.4 Å². The van der Waals surface area contributed by atoms with Gasteiger partial charge in [0.2, 0.25) is 0 Å². The van der Waals surface area contributed by atoms with Crippen LogP contribution in [0.4, 0.5) is 0 Å². The van der Waals surface area contributed by atoms with Gasteiger partial charge in [-0.2, -0.15) is 0 Å². The average Bonchev–Trinajstić information content (AvgIpc) is 2.52. The molecule has 3 heteroatoms. The Morgan fingerprint density at radius 3 is 1.92 bits per heavy atom. The molecule has 0 saturated heterocycles. The molecular weight excluding hydrogens is 340 g/mol. The van der Waals surface area contributed by atoms with Crippen LogP contribution in [0.5, 0.6) is 0 Å². The lowest BCUT2D eigenvalue weighted by atomic mass is 9.81. The molecule has 0 aliphatic carbocycles. The summed E-state index contributed by atoms with van der Waals surface area (Å²) in [6, 6.07) is 6.83. The topological polar surface area (TPSA) is 26.3 Å². The van der Waals surface area contributed by atoms with E-state index in [-0.39, 0.29) is 22.0 Å². The Balaban J connectivity index is 3.17. The lowest BCUT2D eigenvalue weighted by molar-refractivity contribution is -0.142. The third-order valence-corrected chi connectivity index (χ3v) is 5.76. The first-order chi connectivity index (χ1) is 12.0. The van der Waals surface area contributed by atoms with Gasteiger partial charge in [-0.15, -0.1) is 11.8 Å². The van der Waals surface area contributed by atoms with Crippen molar-refractivity contribution >= 4 is 17.7 Å². The van der Waals surface area contributed by atoms with Crippen LogP contribution in [0.15, 0.2) is 23.1 Å². The Kier molecular flexibility index (Phi) is 8.72. The van der Waals surface area contributed by atoms with Crippen LogP contribution in [0.25, 0.3) is 0 Å². The Morgan fingerprint density at radius 1 is 0.962 bits per heavy atom. The Morgan fingerprint density at radius 2 is 1.50 bits per heavy atom. The van der Waals surface area contributed by atoms with Gasteiger partial charge < -0.3 is 4.74 Å². The number of benzene rings is 1. The Labute approximate surface area is 165 Å². The minimum Gasteiger partial charge on any atom is -0.465 e. The van der Waals surface area contributed by atoms with E-state index in [1.54, 1.807) is 11.8 Å². The maximum atomic E-state index is 12.5. The van der Waals surface area contributed by atoms with Crippen LogP contribution in [0, 0.1) is 0 Å². The summed E-state index contributed by atoms with van der Waals surface area (Å²) in [5.41, 5.74) is 2.81. The average molecular weight is 379 g/mol. The molecule has 0 aliphatic heterocycles. The van der Waals surface area contributed by atoms with Gasteiger partial charge >= 0.3 is 5.97 Å². The lowest BCUT2D eigenvalue weighted by Gasteiger charge is -2.26. The highest BCUT2D eigenvalue weighted by Gasteiger charge is 2.24. The Hall–Kier alpha value is -0.960. The van der Waals surface area contributed by atoms with Crippen molar-refractivity contribution in [3.8, 4) is 0 Å². The summed E-state index contributed by atoms with van der Waals surface area (Å²) in [6.45, 7) is 18.0. The number of esters is 1. The number of rotatable bonds is 8. The third kappa shape index (κ3) is 7.34. The van der Waals surface area contributed by atoms with E-state index in [4.69, 9.17) is 4.74 Å². The highest BCUT2D eigenvalue weighted by molar-refractivity contribution is 8.00. The Bertz CT molecular complexity index is 547. The van der Waals surface area contributed by atoms with E-state index in [2.05, 4.69) is 66.7 Å². The molecule has 1 rings (SSSR count). The van der Waals surface area contributed by atoms with Crippen molar-refractivity contribution < 1.29 is 9.53 Å². The molecule has 0 heterocycles. The fraction of sp³-hybridized carbons (Fsp3) is 0.696. The monoisotopic (exact) mass is 378 g/mol. The van der Waals surface area contributed by atoms with Gasteiger partial charge in [0.15, 0.2) is 0 Å². The highest BCUT2D eigenvalue weighted by atomic mass is 32.2. The summed E-state index contributed by atoms with van der Waals surface area (Å²) in [4.78, 5) is 13.6. The van der Waals surface area contributed by atoms with Gasteiger partial charge in [0.25, 0.3) is 0 Å². The highest BCUT2D eigenvalue weighted by Crippen LogP contribution is 2.36. The molecule has 148 valence electrons. The van der Waals surface area contributed by atoms with Gasteiger partial charge in [-0.1, -0.05) is 73.8 Å². The van der Waals surface area contributed by atoms with E-state index in [1.165, 1.54) is 16.0 Å². The minimum atomic E-state index is -0.121. The van der Waals surface area contributed by atoms with Crippen molar-refractivity contribution in [2.75, 3.05) is 6.61 Å². The number of carbonyl (C=O) groups is 1. The molecule has 1 aromatic rings. The quantitative estimate of drug-likeness (QED) is 0.280. The van der Waals surface area contributed by atoms with Gasteiger partial charge in [0, 0.05) is 4.90 Å². The van der Waals surface area contributed by atoms with Crippen molar-refractivity contribution in [1.82, 2.24) is 0 Å². The van der Waals surface area contributed by atoms with Gasteiger partial charge in [-0.3, -0.25) is 4.79 Å². The van der Waals surface area contributed by atoms with E-state index < -0.39 is 0 Å².